The topological polar surface area (TPSA) is 46.5 Å². The summed E-state index contributed by atoms with van der Waals surface area (Å²) >= 11 is 0. The molecule has 0 heterocycles. The van der Waals surface area contributed by atoms with Gasteiger partial charge in [-0.1, -0.05) is 54.6 Å². The van der Waals surface area contributed by atoms with Crippen LogP contribution in [-0.2, 0) is 11.3 Å². The van der Waals surface area contributed by atoms with Gasteiger partial charge < -0.3 is 9.84 Å². The van der Waals surface area contributed by atoms with Crippen LogP contribution in [0, 0.1) is 0 Å². The number of carboxylic acid groups (broad SMARTS) is 1. The van der Waals surface area contributed by atoms with E-state index in [0.29, 0.717) is 0 Å². The Morgan fingerprint density at radius 1 is 1.00 bits per heavy atom. The first-order valence-corrected chi connectivity index (χ1v) is 5.26. The molecule has 3 nitrogen and oxygen atoms in total. The molecule has 0 amide bonds. The first kappa shape index (κ1) is 11.2. The molecule has 3 heteroatoms. The Hall–Kier alpha value is -2.29. The minimum atomic E-state index is -1.26. The molecule has 0 atom stereocenters. The molecule has 0 fully saturated rings. The second kappa shape index (κ2) is 5.16. The highest BCUT2D eigenvalue weighted by molar-refractivity contribution is 5.67. The van der Waals surface area contributed by atoms with E-state index in [1.807, 2.05) is 54.6 Å². The van der Waals surface area contributed by atoms with Gasteiger partial charge in [0.05, 0.1) is 0 Å². The zero-order valence-corrected chi connectivity index (χ0v) is 9.17. The average Bonchev–Trinajstić information content (AvgIpc) is 2.38. The number of hydrogen-bond donors (Lipinski definition) is 1. The molecule has 0 saturated carbocycles. The maximum absolute atomic E-state index is 10.4. The molecule has 0 aliphatic rings. The second-order valence-electron chi connectivity index (χ2n) is 3.58. The zero-order valence-electron chi connectivity index (χ0n) is 9.17. The molecule has 0 aliphatic carbocycles. The Morgan fingerprint density at radius 3 is 2.35 bits per heavy atom. The molecule has 2 aromatic carbocycles. The van der Waals surface area contributed by atoms with E-state index in [9.17, 15) is 4.79 Å². The molecular weight excluding hydrogens is 216 g/mol. The first-order chi connectivity index (χ1) is 8.27. The van der Waals surface area contributed by atoms with Crippen molar-refractivity contribution >= 4 is 6.16 Å². The lowest BCUT2D eigenvalue weighted by Crippen LogP contribution is -2.01. The molecule has 17 heavy (non-hydrogen) atoms. The fourth-order valence-corrected chi connectivity index (χ4v) is 1.68. The van der Waals surface area contributed by atoms with E-state index in [1.54, 1.807) is 0 Å². The van der Waals surface area contributed by atoms with E-state index >= 15 is 0 Å². The highest BCUT2D eigenvalue weighted by Crippen LogP contribution is 2.23. The van der Waals surface area contributed by atoms with E-state index < -0.39 is 6.16 Å². The smallest absolute Gasteiger partial charge is 0.450 e. The van der Waals surface area contributed by atoms with Gasteiger partial charge in [-0.2, -0.15) is 0 Å². The Bertz CT molecular complexity index is 506. The monoisotopic (exact) mass is 228 g/mol. The van der Waals surface area contributed by atoms with Crippen molar-refractivity contribution in [1.29, 1.82) is 0 Å². The van der Waals surface area contributed by atoms with Gasteiger partial charge in [0.1, 0.15) is 6.61 Å². The molecule has 0 aliphatic heterocycles. The molecule has 0 bridgehead atoms. The molecule has 0 saturated heterocycles. The fraction of sp³-hybridized carbons (Fsp3) is 0.0714. The van der Waals surface area contributed by atoms with Crippen molar-refractivity contribution in [1.82, 2.24) is 0 Å². The van der Waals surface area contributed by atoms with Gasteiger partial charge in [0.15, 0.2) is 0 Å². The summed E-state index contributed by atoms with van der Waals surface area (Å²) in [6, 6.07) is 17.4. The minimum Gasteiger partial charge on any atom is -0.450 e. The van der Waals surface area contributed by atoms with Crippen molar-refractivity contribution in [2.24, 2.45) is 0 Å². The Labute approximate surface area is 99.3 Å². The van der Waals surface area contributed by atoms with Crippen LogP contribution in [0.1, 0.15) is 5.56 Å². The predicted octanol–water partition coefficient (Wildman–Crippen LogP) is 3.55. The van der Waals surface area contributed by atoms with Gasteiger partial charge in [0.25, 0.3) is 0 Å². The summed E-state index contributed by atoms with van der Waals surface area (Å²) in [7, 11) is 0. The standard InChI is InChI=1S/C14H12O3/c15-14(16)17-10-12-8-4-5-9-13(12)11-6-2-1-3-7-11/h1-9H,10H2,(H,15,16). The Kier molecular flexibility index (Phi) is 3.40. The van der Waals surface area contributed by atoms with Crippen molar-refractivity contribution in [3.05, 3.63) is 60.2 Å². The van der Waals surface area contributed by atoms with Crippen LogP contribution in [0.25, 0.3) is 11.1 Å². The zero-order chi connectivity index (χ0) is 12.1. The number of carbonyl (C=O) groups is 1. The van der Waals surface area contributed by atoms with Crippen molar-refractivity contribution in [2.45, 2.75) is 6.61 Å². The van der Waals surface area contributed by atoms with Gasteiger partial charge in [-0.3, -0.25) is 0 Å². The normalized spacial score (nSPS) is 9.88. The summed E-state index contributed by atoms with van der Waals surface area (Å²) in [4.78, 5) is 10.4. The number of benzene rings is 2. The predicted molar refractivity (Wildman–Crippen MR) is 64.7 cm³/mol. The van der Waals surface area contributed by atoms with Gasteiger partial charge in [-0.25, -0.2) is 4.79 Å². The summed E-state index contributed by atoms with van der Waals surface area (Å²) in [5, 5.41) is 8.51. The summed E-state index contributed by atoms with van der Waals surface area (Å²) < 4.78 is 4.61. The van der Waals surface area contributed by atoms with Crippen LogP contribution in [0.2, 0.25) is 0 Å². The summed E-state index contributed by atoms with van der Waals surface area (Å²) in [6.07, 6.45) is -1.26. The van der Waals surface area contributed by atoms with Crippen LogP contribution in [0.15, 0.2) is 54.6 Å². The van der Waals surface area contributed by atoms with Crippen LogP contribution < -0.4 is 0 Å². The third-order valence-electron chi connectivity index (χ3n) is 2.45. The molecule has 0 radical (unpaired) electrons. The first-order valence-electron chi connectivity index (χ1n) is 5.26. The maximum Gasteiger partial charge on any atom is 0.506 e. The van der Waals surface area contributed by atoms with Gasteiger partial charge in [0, 0.05) is 0 Å². The molecule has 1 N–H and O–H groups in total. The Morgan fingerprint density at radius 2 is 1.65 bits per heavy atom. The van der Waals surface area contributed by atoms with E-state index in [2.05, 4.69) is 4.74 Å². The summed E-state index contributed by atoms with van der Waals surface area (Å²) in [6.45, 7) is 0.0698. The second-order valence-corrected chi connectivity index (χ2v) is 3.58. The third kappa shape index (κ3) is 2.84. The molecule has 0 aromatic heterocycles. The largest absolute Gasteiger partial charge is 0.506 e. The van der Waals surface area contributed by atoms with Crippen LogP contribution in [-0.4, -0.2) is 11.3 Å². The minimum absolute atomic E-state index is 0.0698. The van der Waals surface area contributed by atoms with Crippen molar-refractivity contribution in [3.63, 3.8) is 0 Å². The molecular formula is C14H12O3. The molecule has 2 aromatic rings. The lowest BCUT2D eigenvalue weighted by atomic mass is 10.0. The highest BCUT2D eigenvalue weighted by Gasteiger charge is 2.06. The summed E-state index contributed by atoms with van der Waals surface area (Å²) in [5.41, 5.74) is 2.91. The number of hydrogen-bond acceptors (Lipinski definition) is 2. The molecule has 86 valence electrons. The van der Waals surface area contributed by atoms with E-state index in [4.69, 9.17) is 5.11 Å². The fourth-order valence-electron chi connectivity index (χ4n) is 1.68. The Balaban J connectivity index is 2.31. The van der Waals surface area contributed by atoms with Gasteiger partial charge in [0.2, 0.25) is 0 Å². The van der Waals surface area contributed by atoms with E-state index in [1.165, 1.54) is 0 Å². The molecule has 0 spiro atoms. The van der Waals surface area contributed by atoms with Crippen molar-refractivity contribution in [2.75, 3.05) is 0 Å². The van der Waals surface area contributed by atoms with Crippen LogP contribution in [0.5, 0.6) is 0 Å². The highest BCUT2D eigenvalue weighted by atomic mass is 16.7. The van der Waals surface area contributed by atoms with Gasteiger partial charge in [-0.15, -0.1) is 0 Å². The van der Waals surface area contributed by atoms with Gasteiger partial charge in [-0.05, 0) is 16.7 Å². The summed E-state index contributed by atoms with van der Waals surface area (Å²) in [5.74, 6) is 0. The number of rotatable bonds is 3. The molecule has 2 rings (SSSR count). The van der Waals surface area contributed by atoms with Crippen molar-refractivity contribution < 1.29 is 14.6 Å². The van der Waals surface area contributed by atoms with E-state index in [-0.39, 0.29) is 6.61 Å². The van der Waals surface area contributed by atoms with Crippen LogP contribution >= 0.6 is 0 Å². The third-order valence-corrected chi connectivity index (χ3v) is 2.45. The number of ether oxygens (including phenoxy) is 1. The quantitative estimate of drug-likeness (QED) is 0.817. The average molecular weight is 228 g/mol. The lowest BCUT2D eigenvalue weighted by Gasteiger charge is -2.08. The van der Waals surface area contributed by atoms with Crippen LogP contribution in [0.3, 0.4) is 0 Å². The van der Waals surface area contributed by atoms with Crippen LogP contribution in [0.4, 0.5) is 4.79 Å². The molecule has 0 unspecified atom stereocenters. The lowest BCUT2D eigenvalue weighted by molar-refractivity contribution is 0.0855. The maximum atomic E-state index is 10.4. The SMILES string of the molecule is O=C(O)OCc1ccccc1-c1ccccc1. The van der Waals surface area contributed by atoms with Crippen molar-refractivity contribution in [3.8, 4) is 11.1 Å². The van der Waals surface area contributed by atoms with E-state index in [0.717, 1.165) is 16.7 Å². The van der Waals surface area contributed by atoms with Gasteiger partial charge >= 0.3 is 6.16 Å².